The number of aromatic amines is 1. The van der Waals surface area contributed by atoms with E-state index in [1.165, 1.54) is 11.3 Å². The maximum Gasteiger partial charge on any atom is 0.0730 e. The van der Waals surface area contributed by atoms with Crippen LogP contribution in [0.25, 0.3) is 0 Å². The van der Waals surface area contributed by atoms with Crippen molar-refractivity contribution in [2.45, 2.75) is 13.5 Å². The zero-order chi connectivity index (χ0) is 6.69. The minimum absolute atomic E-state index is 0.704. The van der Waals surface area contributed by atoms with Crippen molar-refractivity contribution < 1.29 is 4.74 Å². The van der Waals surface area contributed by atoms with Crippen LogP contribution >= 0.6 is 0 Å². The summed E-state index contributed by atoms with van der Waals surface area (Å²) in [5, 5.41) is 0. The van der Waals surface area contributed by atoms with Crippen molar-refractivity contribution in [3.63, 3.8) is 0 Å². The average Bonchev–Trinajstić information content (AvgIpc) is 2.18. The third-order valence-electron chi connectivity index (χ3n) is 1.37. The summed E-state index contributed by atoms with van der Waals surface area (Å²) in [6.45, 7) is 2.74. The first-order chi connectivity index (χ1) is 4.34. The summed E-state index contributed by atoms with van der Waals surface area (Å²) in [6.07, 6.45) is 1.92. The van der Waals surface area contributed by atoms with E-state index in [9.17, 15) is 0 Å². The highest BCUT2D eigenvalue weighted by atomic mass is 16.5. The van der Waals surface area contributed by atoms with Crippen molar-refractivity contribution in [2.75, 3.05) is 7.11 Å². The number of ether oxygens (including phenoxy) is 1. The van der Waals surface area contributed by atoms with E-state index >= 15 is 0 Å². The molecule has 1 heterocycles. The van der Waals surface area contributed by atoms with E-state index in [0.29, 0.717) is 6.61 Å². The van der Waals surface area contributed by atoms with E-state index in [1.807, 2.05) is 19.2 Å². The summed E-state index contributed by atoms with van der Waals surface area (Å²) in [6, 6.07) is 2.03. The molecule has 1 N–H and O–H groups in total. The Morgan fingerprint density at radius 1 is 1.67 bits per heavy atom. The Morgan fingerprint density at radius 3 is 2.89 bits per heavy atom. The van der Waals surface area contributed by atoms with E-state index in [0.717, 1.165) is 0 Å². The Labute approximate surface area is 54.8 Å². The fourth-order valence-corrected chi connectivity index (χ4v) is 0.797. The summed E-state index contributed by atoms with van der Waals surface area (Å²) in [7, 11) is 1.70. The number of methoxy groups -OCH3 is 1. The highest BCUT2D eigenvalue weighted by Crippen LogP contribution is 2.04. The Balaban J connectivity index is 2.69. The molecule has 50 valence electrons. The topological polar surface area (TPSA) is 25.0 Å². The molecule has 0 aromatic carbocycles. The van der Waals surface area contributed by atoms with Gasteiger partial charge in [0.1, 0.15) is 0 Å². The highest BCUT2D eigenvalue weighted by molar-refractivity contribution is 5.17. The van der Waals surface area contributed by atoms with Gasteiger partial charge in [-0.25, -0.2) is 0 Å². The lowest BCUT2D eigenvalue weighted by Gasteiger charge is -1.94. The van der Waals surface area contributed by atoms with Gasteiger partial charge in [-0.3, -0.25) is 0 Å². The summed E-state index contributed by atoms with van der Waals surface area (Å²) in [4.78, 5) is 3.07. The molecule has 0 spiro atoms. The average molecular weight is 125 g/mol. The number of nitrogens with one attached hydrogen (secondary N) is 1. The summed E-state index contributed by atoms with van der Waals surface area (Å²) >= 11 is 0. The summed E-state index contributed by atoms with van der Waals surface area (Å²) in [5.74, 6) is 0. The standard InChI is InChI=1S/C7H11NO/c1-6-7(5-9-2)3-4-8-6/h3-4,8H,5H2,1-2H3. The molecule has 0 unspecified atom stereocenters. The van der Waals surface area contributed by atoms with Crippen LogP contribution in [-0.2, 0) is 11.3 Å². The molecule has 1 aromatic heterocycles. The second-order valence-electron chi connectivity index (χ2n) is 2.06. The Bertz CT molecular complexity index is 181. The van der Waals surface area contributed by atoms with E-state index in [-0.39, 0.29) is 0 Å². The molecule has 9 heavy (non-hydrogen) atoms. The molecule has 0 amide bonds. The van der Waals surface area contributed by atoms with Gasteiger partial charge in [0.2, 0.25) is 0 Å². The molecule has 2 heteroatoms. The van der Waals surface area contributed by atoms with E-state index in [1.54, 1.807) is 7.11 Å². The van der Waals surface area contributed by atoms with E-state index < -0.39 is 0 Å². The second kappa shape index (κ2) is 2.69. The van der Waals surface area contributed by atoms with Crippen molar-refractivity contribution in [3.8, 4) is 0 Å². The molecule has 0 saturated carbocycles. The van der Waals surface area contributed by atoms with Crippen molar-refractivity contribution in [3.05, 3.63) is 23.5 Å². The first-order valence-corrected chi connectivity index (χ1v) is 2.96. The molecular formula is C7H11NO. The lowest BCUT2D eigenvalue weighted by atomic mass is 10.3. The Hall–Kier alpha value is -0.760. The maximum absolute atomic E-state index is 4.95. The van der Waals surface area contributed by atoms with Crippen LogP contribution in [0.4, 0.5) is 0 Å². The lowest BCUT2D eigenvalue weighted by Crippen LogP contribution is -1.86. The third-order valence-corrected chi connectivity index (χ3v) is 1.37. The van der Waals surface area contributed by atoms with Crippen molar-refractivity contribution in [1.29, 1.82) is 0 Å². The minimum atomic E-state index is 0.704. The molecule has 1 aromatic rings. The Morgan fingerprint density at radius 2 is 2.44 bits per heavy atom. The van der Waals surface area contributed by atoms with Gasteiger partial charge < -0.3 is 9.72 Å². The van der Waals surface area contributed by atoms with Gasteiger partial charge >= 0.3 is 0 Å². The number of hydrogen-bond acceptors (Lipinski definition) is 1. The molecule has 2 nitrogen and oxygen atoms in total. The van der Waals surface area contributed by atoms with Crippen LogP contribution in [0.2, 0.25) is 0 Å². The van der Waals surface area contributed by atoms with Crippen LogP contribution in [0, 0.1) is 6.92 Å². The smallest absolute Gasteiger partial charge is 0.0730 e. The number of H-pyrrole nitrogens is 1. The molecule has 0 aliphatic rings. The molecule has 0 atom stereocenters. The van der Waals surface area contributed by atoms with Crippen LogP contribution in [0.15, 0.2) is 12.3 Å². The number of hydrogen-bond donors (Lipinski definition) is 1. The normalized spacial score (nSPS) is 10.0. The predicted molar refractivity (Wildman–Crippen MR) is 36.2 cm³/mol. The van der Waals surface area contributed by atoms with Crippen LogP contribution < -0.4 is 0 Å². The molecule has 1 rings (SSSR count). The van der Waals surface area contributed by atoms with Crippen LogP contribution in [0.1, 0.15) is 11.3 Å². The van der Waals surface area contributed by atoms with Crippen LogP contribution in [-0.4, -0.2) is 12.1 Å². The van der Waals surface area contributed by atoms with Crippen molar-refractivity contribution in [1.82, 2.24) is 4.98 Å². The molecule has 0 fully saturated rings. The van der Waals surface area contributed by atoms with E-state index in [4.69, 9.17) is 4.74 Å². The van der Waals surface area contributed by atoms with Crippen LogP contribution in [0.5, 0.6) is 0 Å². The zero-order valence-corrected chi connectivity index (χ0v) is 5.77. The number of aromatic nitrogens is 1. The number of rotatable bonds is 2. The van der Waals surface area contributed by atoms with Gasteiger partial charge in [-0.15, -0.1) is 0 Å². The van der Waals surface area contributed by atoms with Gasteiger partial charge in [0.05, 0.1) is 6.61 Å². The second-order valence-corrected chi connectivity index (χ2v) is 2.06. The summed E-state index contributed by atoms with van der Waals surface area (Å²) < 4.78 is 4.95. The fourth-order valence-electron chi connectivity index (χ4n) is 0.797. The van der Waals surface area contributed by atoms with Gasteiger partial charge in [-0.05, 0) is 18.6 Å². The molecular weight excluding hydrogens is 114 g/mol. The van der Waals surface area contributed by atoms with Gasteiger partial charge in [0.15, 0.2) is 0 Å². The SMILES string of the molecule is COCc1cc[nH]c1C. The van der Waals surface area contributed by atoms with Crippen molar-refractivity contribution in [2.24, 2.45) is 0 Å². The molecule has 0 aliphatic carbocycles. The number of aryl methyl sites for hydroxylation is 1. The van der Waals surface area contributed by atoms with Gasteiger partial charge in [0.25, 0.3) is 0 Å². The maximum atomic E-state index is 4.95. The van der Waals surface area contributed by atoms with Gasteiger partial charge in [-0.2, -0.15) is 0 Å². The van der Waals surface area contributed by atoms with Crippen LogP contribution in [0.3, 0.4) is 0 Å². The molecule has 0 saturated heterocycles. The third kappa shape index (κ3) is 1.33. The first-order valence-electron chi connectivity index (χ1n) is 2.96. The fraction of sp³-hybridized carbons (Fsp3) is 0.429. The first kappa shape index (κ1) is 6.36. The zero-order valence-electron chi connectivity index (χ0n) is 5.77. The Kier molecular flexibility index (Phi) is 1.90. The van der Waals surface area contributed by atoms with Gasteiger partial charge in [0, 0.05) is 19.0 Å². The van der Waals surface area contributed by atoms with Crippen molar-refractivity contribution >= 4 is 0 Å². The molecule has 0 bridgehead atoms. The largest absolute Gasteiger partial charge is 0.380 e. The monoisotopic (exact) mass is 125 g/mol. The quantitative estimate of drug-likeness (QED) is 0.636. The predicted octanol–water partition coefficient (Wildman–Crippen LogP) is 1.47. The summed E-state index contributed by atoms with van der Waals surface area (Å²) in [5.41, 5.74) is 2.43. The highest BCUT2D eigenvalue weighted by Gasteiger charge is 1.94. The molecule has 0 aliphatic heterocycles. The van der Waals surface area contributed by atoms with E-state index in [2.05, 4.69) is 4.98 Å². The molecule has 0 radical (unpaired) electrons. The lowest BCUT2D eigenvalue weighted by molar-refractivity contribution is 0.184. The minimum Gasteiger partial charge on any atom is -0.380 e. The van der Waals surface area contributed by atoms with Gasteiger partial charge in [-0.1, -0.05) is 0 Å².